The van der Waals surface area contributed by atoms with Gasteiger partial charge in [0, 0.05) is 61.2 Å². The molecule has 0 spiro atoms. The molecule has 2 aromatic heterocycles. The van der Waals surface area contributed by atoms with E-state index < -0.39 is 33.4 Å². The number of nitrogens with zero attached hydrogens (tertiary/aromatic N) is 4. The number of hydrogen-bond donors (Lipinski definition) is 1. The third-order valence-electron chi connectivity index (χ3n) is 6.75. The molecule has 4 aromatic rings. The summed E-state index contributed by atoms with van der Waals surface area (Å²) in [6.07, 6.45) is -2.15. The van der Waals surface area contributed by atoms with E-state index in [1.165, 1.54) is 53.6 Å². The van der Waals surface area contributed by atoms with Gasteiger partial charge < -0.3 is 14.5 Å². The van der Waals surface area contributed by atoms with E-state index >= 15 is 0 Å². The van der Waals surface area contributed by atoms with Crippen LogP contribution >= 0.6 is 0 Å². The number of fused-ring (bicyclic) bond motifs is 1. The van der Waals surface area contributed by atoms with Crippen LogP contribution in [0.2, 0.25) is 0 Å². The third-order valence-corrected chi connectivity index (χ3v) is 8.14. The van der Waals surface area contributed by atoms with E-state index in [4.69, 9.17) is 4.74 Å². The van der Waals surface area contributed by atoms with Gasteiger partial charge in [-0.3, -0.25) is 19.3 Å². The SMILES string of the molecule is COc1cc(C(=O)N2CCN(C(=O)c3ccc(NS(=O)(=O)c4cccc5cccnc45)c(C(F)(F)F)c3)CC2)ccn1. The maximum absolute atomic E-state index is 14.1. The smallest absolute Gasteiger partial charge is 0.418 e. The van der Waals surface area contributed by atoms with Gasteiger partial charge in [0.2, 0.25) is 5.88 Å². The molecule has 42 heavy (non-hydrogen) atoms. The first-order chi connectivity index (χ1) is 20.0. The number of para-hydroxylation sites is 1. The van der Waals surface area contributed by atoms with Crippen molar-refractivity contribution < 1.29 is 35.9 Å². The molecule has 3 heterocycles. The van der Waals surface area contributed by atoms with Gasteiger partial charge in [0.15, 0.2) is 0 Å². The van der Waals surface area contributed by atoms with E-state index in [2.05, 4.69) is 9.97 Å². The molecule has 1 saturated heterocycles. The molecule has 218 valence electrons. The summed E-state index contributed by atoms with van der Waals surface area (Å²) >= 11 is 0. The van der Waals surface area contributed by atoms with Gasteiger partial charge in [0.25, 0.3) is 21.8 Å². The summed E-state index contributed by atoms with van der Waals surface area (Å²) in [7, 11) is -3.05. The normalized spacial score (nSPS) is 14.1. The quantitative estimate of drug-likeness (QED) is 0.355. The number of aromatic nitrogens is 2. The molecule has 2 aromatic carbocycles. The lowest BCUT2D eigenvalue weighted by Gasteiger charge is -2.35. The van der Waals surface area contributed by atoms with Crippen LogP contribution in [-0.2, 0) is 16.2 Å². The van der Waals surface area contributed by atoms with E-state index in [-0.39, 0.29) is 53.9 Å². The van der Waals surface area contributed by atoms with Crippen molar-refractivity contribution in [1.29, 1.82) is 0 Å². The zero-order chi connectivity index (χ0) is 30.1. The molecule has 0 saturated carbocycles. The average Bonchev–Trinajstić information content (AvgIpc) is 2.99. The highest BCUT2D eigenvalue weighted by molar-refractivity contribution is 7.93. The lowest BCUT2D eigenvalue weighted by Crippen LogP contribution is -2.50. The highest BCUT2D eigenvalue weighted by Gasteiger charge is 2.36. The fraction of sp³-hybridized carbons (Fsp3) is 0.214. The Bertz CT molecular complexity index is 1770. The molecule has 0 aliphatic carbocycles. The van der Waals surface area contributed by atoms with Gasteiger partial charge in [0.1, 0.15) is 4.90 Å². The molecule has 14 heteroatoms. The van der Waals surface area contributed by atoms with E-state index in [1.807, 2.05) is 4.72 Å². The van der Waals surface area contributed by atoms with Crippen molar-refractivity contribution in [1.82, 2.24) is 19.8 Å². The van der Waals surface area contributed by atoms with Crippen LogP contribution in [0.15, 0.2) is 78.0 Å². The van der Waals surface area contributed by atoms with Gasteiger partial charge >= 0.3 is 6.18 Å². The summed E-state index contributed by atoms with van der Waals surface area (Å²) in [5.41, 5.74) is -1.85. The Hall–Kier alpha value is -4.72. The predicted molar refractivity (Wildman–Crippen MR) is 147 cm³/mol. The van der Waals surface area contributed by atoms with Gasteiger partial charge in [-0.25, -0.2) is 13.4 Å². The number of sulfonamides is 1. The zero-order valence-corrected chi connectivity index (χ0v) is 22.9. The van der Waals surface area contributed by atoms with Crippen molar-refractivity contribution in [3.05, 3.63) is 89.7 Å². The Morgan fingerprint density at radius 2 is 1.50 bits per heavy atom. The number of methoxy groups -OCH3 is 1. The summed E-state index contributed by atoms with van der Waals surface area (Å²) in [6, 6.07) is 13.3. The maximum atomic E-state index is 14.1. The number of nitrogens with one attached hydrogen (secondary N) is 1. The van der Waals surface area contributed by atoms with Crippen LogP contribution in [0, 0.1) is 0 Å². The molecule has 10 nitrogen and oxygen atoms in total. The number of alkyl halides is 3. The number of rotatable bonds is 6. The topological polar surface area (TPSA) is 122 Å². The van der Waals surface area contributed by atoms with Crippen molar-refractivity contribution in [2.45, 2.75) is 11.1 Å². The molecule has 5 rings (SSSR count). The second kappa shape index (κ2) is 11.3. The molecule has 1 aliphatic heterocycles. The van der Waals surface area contributed by atoms with Crippen LogP contribution in [-0.4, -0.2) is 73.3 Å². The second-order valence-corrected chi connectivity index (χ2v) is 11.0. The number of carbonyl (C=O) groups excluding carboxylic acids is 2. The predicted octanol–water partition coefficient (Wildman–Crippen LogP) is 4.06. The minimum absolute atomic E-state index is 0.0939. The highest BCUT2D eigenvalue weighted by atomic mass is 32.2. The zero-order valence-electron chi connectivity index (χ0n) is 22.1. The van der Waals surface area contributed by atoms with Gasteiger partial charge in [-0.1, -0.05) is 18.2 Å². The molecule has 0 radical (unpaired) electrons. The molecule has 1 fully saturated rings. The number of pyridine rings is 2. The number of ether oxygens (including phenoxy) is 1. The molecule has 1 aliphatic rings. The molecule has 2 amide bonds. The molecule has 1 N–H and O–H groups in total. The number of halogens is 3. The largest absolute Gasteiger partial charge is 0.481 e. The lowest BCUT2D eigenvalue weighted by atomic mass is 10.1. The Labute approximate surface area is 238 Å². The first-order valence-electron chi connectivity index (χ1n) is 12.6. The van der Waals surface area contributed by atoms with Crippen LogP contribution in [0.4, 0.5) is 18.9 Å². The van der Waals surface area contributed by atoms with Gasteiger partial charge in [-0.15, -0.1) is 0 Å². The third kappa shape index (κ3) is 5.84. The fourth-order valence-electron chi connectivity index (χ4n) is 4.63. The standard InChI is InChI=1S/C28H24F3N5O5S/c1-41-24-17-20(9-11-32-24)27(38)36-14-12-35(13-15-36)26(37)19-7-8-22(21(16-19)28(29,30)31)34-42(39,40)23-6-2-4-18-5-3-10-33-25(18)23/h2-11,16-17,34H,12-15H2,1H3. The number of hydrogen-bond acceptors (Lipinski definition) is 7. The Balaban J connectivity index is 1.34. The number of anilines is 1. The Morgan fingerprint density at radius 1 is 0.857 bits per heavy atom. The van der Waals surface area contributed by atoms with Crippen molar-refractivity contribution in [2.24, 2.45) is 0 Å². The van der Waals surface area contributed by atoms with Crippen molar-refractivity contribution in [3.8, 4) is 5.88 Å². The Kier molecular flexibility index (Phi) is 7.73. The van der Waals surface area contributed by atoms with E-state index in [0.29, 0.717) is 17.0 Å². The Morgan fingerprint density at radius 3 is 2.14 bits per heavy atom. The summed E-state index contributed by atoms with van der Waals surface area (Å²) in [4.78, 5) is 36.6. The van der Waals surface area contributed by atoms with Gasteiger partial charge in [-0.05, 0) is 36.4 Å². The van der Waals surface area contributed by atoms with E-state index in [9.17, 15) is 31.2 Å². The van der Waals surface area contributed by atoms with Crippen LogP contribution in [0.5, 0.6) is 5.88 Å². The fourth-order valence-corrected chi connectivity index (χ4v) is 5.89. The van der Waals surface area contributed by atoms with Crippen molar-refractivity contribution in [2.75, 3.05) is 38.0 Å². The highest BCUT2D eigenvalue weighted by Crippen LogP contribution is 2.37. The van der Waals surface area contributed by atoms with E-state index in [0.717, 1.165) is 12.1 Å². The number of piperazine rings is 1. The van der Waals surface area contributed by atoms with Crippen LogP contribution < -0.4 is 9.46 Å². The van der Waals surface area contributed by atoms with Gasteiger partial charge in [0.05, 0.1) is 23.9 Å². The van der Waals surface area contributed by atoms with E-state index in [1.54, 1.807) is 18.2 Å². The second-order valence-electron chi connectivity index (χ2n) is 9.37. The molecule has 0 bridgehead atoms. The first kappa shape index (κ1) is 28.8. The van der Waals surface area contributed by atoms with Gasteiger partial charge in [-0.2, -0.15) is 13.2 Å². The summed E-state index contributed by atoms with van der Waals surface area (Å²) in [5, 5.41) is 0.500. The molecule has 0 atom stereocenters. The van der Waals surface area contributed by atoms with Crippen LogP contribution in [0.25, 0.3) is 10.9 Å². The molecular weight excluding hydrogens is 575 g/mol. The van der Waals surface area contributed by atoms with Crippen LogP contribution in [0.3, 0.4) is 0 Å². The van der Waals surface area contributed by atoms with Crippen molar-refractivity contribution >= 4 is 38.4 Å². The summed E-state index contributed by atoms with van der Waals surface area (Å²) in [5.74, 6) is -0.694. The number of carbonyl (C=O) groups is 2. The molecule has 0 unspecified atom stereocenters. The van der Waals surface area contributed by atoms with Crippen LogP contribution in [0.1, 0.15) is 26.3 Å². The lowest BCUT2D eigenvalue weighted by molar-refractivity contribution is -0.136. The monoisotopic (exact) mass is 599 g/mol. The number of benzene rings is 2. The number of amides is 2. The summed E-state index contributed by atoms with van der Waals surface area (Å²) in [6.45, 7) is 0.518. The molecular formula is C28H24F3N5O5S. The first-order valence-corrected chi connectivity index (χ1v) is 14.1. The summed E-state index contributed by atoms with van der Waals surface area (Å²) < 4.78 is 75.6. The minimum Gasteiger partial charge on any atom is -0.481 e. The maximum Gasteiger partial charge on any atom is 0.418 e. The van der Waals surface area contributed by atoms with Crippen molar-refractivity contribution in [3.63, 3.8) is 0 Å². The average molecular weight is 600 g/mol. The minimum atomic E-state index is -4.97.